The number of aromatic nitrogens is 4. The van der Waals surface area contributed by atoms with Gasteiger partial charge in [0.1, 0.15) is 28.7 Å². The SMILES string of the molecule is COc1cnc2c(-c3nc4ccc5c(c4s3)OC[C@@H](CN(C(=O)O)c3cnc(OC[C@@H](C)O)nc3)O5)cc(Cl)cc2c1. The molecule has 1 aliphatic rings. The molecule has 1 aliphatic heterocycles. The smallest absolute Gasteiger partial charge is 0.412 e. The monoisotopic (exact) mass is 609 g/mol. The van der Waals surface area contributed by atoms with E-state index in [2.05, 4.69) is 15.0 Å². The van der Waals surface area contributed by atoms with Gasteiger partial charge in [0.05, 0.1) is 55.1 Å². The lowest BCUT2D eigenvalue weighted by Gasteiger charge is -2.30. The van der Waals surface area contributed by atoms with Crippen LogP contribution in [0.4, 0.5) is 10.5 Å². The van der Waals surface area contributed by atoms with Gasteiger partial charge >= 0.3 is 12.1 Å². The number of ether oxygens (including phenoxy) is 4. The van der Waals surface area contributed by atoms with Gasteiger partial charge in [0.15, 0.2) is 17.6 Å². The van der Waals surface area contributed by atoms with Crippen molar-refractivity contribution >= 4 is 55.8 Å². The number of hydrogen-bond acceptors (Lipinski definition) is 11. The number of anilines is 1. The Kier molecular flexibility index (Phi) is 7.54. The quantitative estimate of drug-likeness (QED) is 0.243. The van der Waals surface area contributed by atoms with Gasteiger partial charge in [-0.15, -0.1) is 11.3 Å². The second kappa shape index (κ2) is 11.4. The van der Waals surface area contributed by atoms with Crippen molar-refractivity contribution in [2.45, 2.75) is 19.1 Å². The Labute approximate surface area is 248 Å². The minimum atomic E-state index is -1.20. The molecule has 2 atom stereocenters. The molecule has 2 aromatic carbocycles. The zero-order valence-electron chi connectivity index (χ0n) is 22.4. The number of thiazole rings is 1. The van der Waals surface area contributed by atoms with Crippen LogP contribution < -0.4 is 23.8 Å². The van der Waals surface area contributed by atoms with Gasteiger partial charge in [-0.1, -0.05) is 11.6 Å². The molecule has 216 valence electrons. The molecule has 0 bridgehead atoms. The fourth-order valence-corrected chi connectivity index (χ4v) is 5.76. The van der Waals surface area contributed by atoms with Gasteiger partial charge in [0, 0.05) is 16.0 Å². The van der Waals surface area contributed by atoms with Crippen molar-refractivity contribution in [2.24, 2.45) is 0 Å². The van der Waals surface area contributed by atoms with Crippen LogP contribution in [0.25, 0.3) is 31.7 Å². The summed E-state index contributed by atoms with van der Waals surface area (Å²) < 4.78 is 23.6. The molecule has 0 saturated heterocycles. The van der Waals surface area contributed by atoms with Crippen molar-refractivity contribution in [1.82, 2.24) is 19.9 Å². The zero-order chi connectivity index (χ0) is 29.4. The van der Waals surface area contributed by atoms with Crippen molar-refractivity contribution in [3.63, 3.8) is 0 Å². The normalized spacial score (nSPS) is 15.0. The van der Waals surface area contributed by atoms with Gasteiger partial charge in [-0.2, -0.15) is 0 Å². The van der Waals surface area contributed by atoms with E-state index in [-0.39, 0.29) is 31.5 Å². The number of benzene rings is 2. The molecule has 2 N–H and O–H groups in total. The maximum atomic E-state index is 12.1. The molecule has 5 aromatic rings. The fourth-order valence-electron chi connectivity index (χ4n) is 4.46. The Bertz CT molecular complexity index is 1780. The Hall–Kier alpha value is -4.46. The summed E-state index contributed by atoms with van der Waals surface area (Å²) in [6.07, 6.45) is 1.84. The number of nitrogens with zero attached hydrogens (tertiary/aromatic N) is 5. The van der Waals surface area contributed by atoms with Gasteiger partial charge in [-0.05, 0) is 37.3 Å². The maximum Gasteiger partial charge on any atom is 0.412 e. The van der Waals surface area contributed by atoms with E-state index >= 15 is 0 Å². The Balaban J connectivity index is 1.24. The van der Waals surface area contributed by atoms with Crippen molar-refractivity contribution in [2.75, 3.05) is 31.8 Å². The molecular weight excluding hydrogens is 586 g/mol. The standard InChI is InChI=1S/C28H24ClN5O7S/c1-14(35)12-40-27-31-8-17(9-32-27)34(28(36)37)11-19-13-39-24-22(41-19)4-3-21-25(24)42-26(33-21)20-7-16(29)5-15-6-18(38-2)10-30-23(15)20/h3-10,14,19,35H,11-13H2,1-2H3,(H,36,37)/t14-,19-/m1/s1. The van der Waals surface area contributed by atoms with E-state index in [4.69, 9.17) is 35.5 Å². The van der Waals surface area contributed by atoms with Crippen LogP contribution in [0, 0.1) is 0 Å². The molecular formula is C28H24ClN5O7S. The van der Waals surface area contributed by atoms with Crippen molar-refractivity contribution < 1.29 is 34.0 Å². The number of pyridine rings is 1. The summed E-state index contributed by atoms with van der Waals surface area (Å²) in [5, 5.41) is 21.3. The van der Waals surface area contributed by atoms with Gasteiger partial charge in [-0.3, -0.25) is 9.88 Å². The van der Waals surface area contributed by atoms with Crippen LogP contribution in [-0.2, 0) is 0 Å². The highest BCUT2D eigenvalue weighted by Crippen LogP contribution is 2.45. The highest BCUT2D eigenvalue weighted by Gasteiger charge is 2.29. The molecule has 3 aromatic heterocycles. The summed E-state index contributed by atoms with van der Waals surface area (Å²) in [4.78, 5) is 30.6. The first-order valence-electron chi connectivity index (χ1n) is 12.8. The summed E-state index contributed by atoms with van der Waals surface area (Å²) in [7, 11) is 1.58. The van der Waals surface area contributed by atoms with Crippen molar-refractivity contribution in [3.05, 3.63) is 53.9 Å². The highest BCUT2D eigenvalue weighted by molar-refractivity contribution is 7.22. The molecule has 1 amide bonds. The third kappa shape index (κ3) is 5.53. The second-order valence-electron chi connectivity index (χ2n) is 9.49. The summed E-state index contributed by atoms with van der Waals surface area (Å²) in [5.74, 6) is 1.65. The van der Waals surface area contributed by atoms with Crippen molar-refractivity contribution in [1.29, 1.82) is 0 Å². The molecule has 42 heavy (non-hydrogen) atoms. The van der Waals surface area contributed by atoms with Crippen LogP contribution in [0.15, 0.2) is 48.9 Å². The van der Waals surface area contributed by atoms with Crippen LogP contribution in [0.5, 0.6) is 23.3 Å². The van der Waals surface area contributed by atoms with Gasteiger partial charge < -0.3 is 29.2 Å². The molecule has 4 heterocycles. The second-order valence-corrected chi connectivity index (χ2v) is 10.9. The zero-order valence-corrected chi connectivity index (χ0v) is 23.9. The Morgan fingerprint density at radius 1 is 1.21 bits per heavy atom. The summed E-state index contributed by atoms with van der Waals surface area (Å²) in [5.41, 5.74) is 2.49. The van der Waals surface area contributed by atoms with E-state index in [0.717, 1.165) is 31.6 Å². The molecule has 12 nitrogen and oxygen atoms in total. The average molecular weight is 610 g/mol. The van der Waals surface area contributed by atoms with E-state index in [1.54, 1.807) is 26.3 Å². The number of amides is 1. The number of hydrogen-bond donors (Lipinski definition) is 2. The first-order chi connectivity index (χ1) is 20.3. The molecule has 0 saturated carbocycles. The first kappa shape index (κ1) is 27.7. The molecule has 0 spiro atoms. The topological polar surface area (TPSA) is 149 Å². The van der Waals surface area contributed by atoms with Crippen LogP contribution in [0.1, 0.15) is 6.92 Å². The third-order valence-electron chi connectivity index (χ3n) is 6.37. The summed E-state index contributed by atoms with van der Waals surface area (Å²) in [6, 6.07) is 9.15. The predicted molar refractivity (Wildman–Crippen MR) is 156 cm³/mol. The largest absolute Gasteiger partial charge is 0.495 e. The molecule has 0 unspecified atom stereocenters. The van der Waals surface area contributed by atoms with E-state index in [9.17, 15) is 15.0 Å². The number of fused-ring (bicyclic) bond motifs is 4. The number of aliphatic hydroxyl groups excluding tert-OH is 1. The van der Waals surface area contributed by atoms with Crippen LogP contribution in [-0.4, -0.2) is 75.3 Å². The van der Waals surface area contributed by atoms with E-state index in [1.807, 2.05) is 24.3 Å². The predicted octanol–water partition coefficient (Wildman–Crippen LogP) is 5.05. The Morgan fingerprint density at radius 2 is 2.02 bits per heavy atom. The minimum absolute atomic E-state index is 0.0188. The minimum Gasteiger partial charge on any atom is -0.495 e. The number of rotatable bonds is 8. The molecule has 0 radical (unpaired) electrons. The molecule has 0 fully saturated rings. The lowest BCUT2D eigenvalue weighted by Crippen LogP contribution is -2.43. The summed E-state index contributed by atoms with van der Waals surface area (Å²) >= 11 is 7.86. The number of methoxy groups -OCH3 is 1. The van der Waals surface area contributed by atoms with Crippen LogP contribution in [0.2, 0.25) is 5.02 Å². The van der Waals surface area contributed by atoms with Crippen molar-refractivity contribution in [3.8, 4) is 33.8 Å². The number of carbonyl (C=O) groups is 1. The Morgan fingerprint density at radius 3 is 2.76 bits per heavy atom. The fraction of sp³-hybridized carbons (Fsp3) is 0.250. The van der Waals surface area contributed by atoms with E-state index < -0.39 is 18.3 Å². The van der Waals surface area contributed by atoms with E-state index in [0.29, 0.717) is 27.3 Å². The molecule has 6 rings (SSSR count). The van der Waals surface area contributed by atoms with Crippen LogP contribution >= 0.6 is 22.9 Å². The molecule has 0 aliphatic carbocycles. The third-order valence-corrected chi connectivity index (χ3v) is 7.69. The molecule has 14 heteroatoms. The van der Waals surface area contributed by atoms with Gasteiger partial charge in [-0.25, -0.2) is 19.7 Å². The van der Waals surface area contributed by atoms with Gasteiger partial charge in [0.25, 0.3) is 0 Å². The van der Waals surface area contributed by atoms with E-state index in [1.165, 1.54) is 23.7 Å². The van der Waals surface area contributed by atoms with Gasteiger partial charge in [0.2, 0.25) is 0 Å². The van der Waals surface area contributed by atoms with Crippen LogP contribution in [0.3, 0.4) is 0 Å². The summed E-state index contributed by atoms with van der Waals surface area (Å²) in [6.45, 7) is 1.67. The maximum absolute atomic E-state index is 12.1. The number of carboxylic acid groups (broad SMARTS) is 1. The lowest BCUT2D eigenvalue weighted by molar-refractivity contribution is 0.0961. The first-order valence-corrected chi connectivity index (χ1v) is 14.0. The number of aliphatic hydroxyl groups is 1. The average Bonchev–Trinajstić information content (AvgIpc) is 3.43. The highest BCUT2D eigenvalue weighted by atomic mass is 35.5. The number of halogens is 1. The lowest BCUT2D eigenvalue weighted by atomic mass is 10.1.